The SMILES string of the molecule is Cc1c(Br)c2ccccc2n1CC(=O)Nc1ccc(Oc2cnccn2)cc1. The number of nitrogens with zero attached hydrogens (tertiary/aromatic N) is 3. The number of anilines is 1. The Bertz CT molecular complexity index is 1120. The second-order valence-electron chi connectivity index (χ2n) is 6.22. The van der Waals surface area contributed by atoms with Gasteiger partial charge in [-0.05, 0) is 53.2 Å². The van der Waals surface area contributed by atoms with Crippen molar-refractivity contribution < 1.29 is 9.53 Å². The summed E-state index contributed by atoms with van der Waals surface area (Å²) >= 11 is 3.62. The first-order valence-corrected chi connectivity index (χ1v) is 9.48. The number of hydrogen-bond donors (Lipinski definition) is 1. The molecule has 1 amide bonds. The first-order chi connectivity index (χ1) is 13.6. The molecule has 0 fully saturated rings. The van der Waals surface area contributed by atoms with Crippen LogP contribution in [0.3, 0.4) is 0 Å². The lowest BCUT2D eigenvalue weighted by Gasteiger charge is -2.10. The number of nitrogens with one attached hydrogen (secondary N) is 1. The van der Waals surface area contributed by atoms with E-state index in [-0.39, 0.29) is 12.5 Å². The van der Waals surface area contributed by atoms with Gasteiger partial charge in [0, 0.05) is 39.2 Å². The molecule has 0 saturated carbocycles. The molecule has 0 radical (unpaired) electrons. The molecule has 2 heterocycles. The summed E-state index contributed by atoms with van der Waals surface area (Å²) in [5, 5.41) is 4.02. The van der Waals surface area contributed by atoms with Crippen molar-refractivity contribution in [3.05, 3.63) is 77.3 Å². The van der Waals surface area contributed by atoms with Crippen LogP contribution in [0.2, 0.25) is 0 Å². The molecule has 0 atom stereocenters. The molecule has 0 saturated heterocycles. The van der Waals surface area contributed by atoms with Gasteiger partial charge in [0.05, 0.1) is 6.20 Å². The summed E-state index contributed by atoms with van der Waals surface area (Å²) in [6.07, 6.45) is 4.69. The zero-order valence-corrected chi connectivity index (χ0v) is 16.7. The van der Waals surface area contributed by atoms with Crippen LogP contribution in [0.5, 0.6) is 11.6 Å². The van der Waals surface area contributed by atoms with Crippen molar-refractivity contribution in [1.29, 1.82) is 0 Å². The van der Waals surface area contributed by atoms with E-state index in [1.54, 1.807) is 36.7 Å². The fourth-order valence-electron chi connectivity index (χ4n) is 3.00. The van der Waals surface area contributed by atoms with Crippen LogP contribution in [0.25, 0.3) is 10.9 Å². The Balaban J connectivity index is 1.45. The highest BCUT2D eigenvalue weighted by Crippen LogP contribution is 2.30. The maximum absolute atomic E-state index is 12.6. The number of amides is 1. The molecule has 0 unspecified atom stereocenters. The lowest BCUT2D eigenvalue weighted by molar-refractivity contribution is -0.116. The van der Waals surface area contributed by atoms with Gasteiger partial charge in [0.2, 0.25) is 11.8 Å². The Morgan fingerprint density at radius 1 is 1.14 bits per heavy atom. The second-order valence-corrected chi connectivity index (χ2v) is 7.01. The van der Waals surface area contributed by atoms with Crippen LogP contribution < -0.4 is 10.1 Å². The Morgan fingerprint density at radius 3 is 2.68 bits per heavy atom. The summed E-state index contributed by atoms with van der Waals surface area (Å²) in [6, 6.07) is 15.1. The number of halogens is 1. The van der Waals surface area contributed by atoms with E-state index in [1.807, 2.05) is 35.8 Å². The van der Waals surface area contributed by atoms with Gasteiger partial charge < -0.3 is 14.6 Å². The largest absolute Gasteiger partial charge is 0.438 e. The molecule has 4 aromatic rings. The fourth-order valence-corrected chi connectivity index (χ4v) is 3.55. The number of ether oxygens (including phenoxy) is 1. The highest BCUT2D eigenvalue weighted by Gasteiger charge is 2.14. The highest BCUT2D eigenvalue weighted by molar-refractivity contribution is 9.10. The topological polar surface area (TPSA) is 69.0 Å². The Morgan fingerprint density at radius 2 is 1.93 bits per heavy atom. The lowest BCUT2D eigenvalue weighted by Crippen LogP contribution is -2.19. The third kappa shape index (κ3) is 3.75. The van der Waals surface area contributed by atoms with E-state index in [9.17, 15) is 4.79 Å². The zero-order chi connectivity index (χ0) is 19.5. The maximum atomic E-state index is 12.6. The number of rotatable bonds is 5. The molecule has 140 valence electrons. The van der Waals surface area contributed by atoms with Gasteiger partial charge in [0.15, 0.2) is 0 Å². The number of hydrogen-bond acceptors (Lipinski definition) is 4. The molecular formula is C21H17BrN4O2. The van der Waals surface area contributed by atoms with E-state index in [0.29, 0.717) is 17.3 Å². The van der Waals surface area contributed by atoms with Crippen molar-refractivity contribution in [2.75, 3.05) is 5.32 Å². The van der Waals surface area contributed by atoms with Gasteiger partial charge in [0.1, 0.15) is 12.3 Å². The molecule has 1 N–H and O–H groups in total. The van der Waals surface area contributed by atoms with E-state index in [4.69, 9.17) is 4.74 Å². The highest BCUT2D eigenvalue weighted by atomic mass is 79.9. The minimum atomic E-state index is -0.0982. The molecule has 7 heteroatoms. The first-order valence-electron chi connectivity index (χ1n) is 8.69. The Hall–Kier alpha value is -3.19. The van der Waals surface area contributed by atoms with E-state index in [0.717, 1.165) is 21.1 Å². The molecule has 4 rings (SSSR count). The maximum Gasteiger partial charge on any atom is 0.244 e. The van der Waals surface area contributed by atoms with Gasteiger partial charge in [-0.1, -0.05) is 18.2 Å². The average molecular weight is 437 g/mol. The van der Waals surface area contributed by atoms with Crippen molar-refractivity contribution in [2.45, 2.75) is 13.5 Å². The zero-order valence-electron chi connectivity index (χ0n) is 15.1. The number of aromatic nitrogens is 3. The quantitative estimate of drug-likeness (QED) is 0.481. The van der Waals surface area contributed by atoms with Crippen LogP contribution in [0.15, 0.2) is 71.6 Å². The lowest BCUT2D eigenvalue weighted by atomic mass is 10.2. The van der Waals surface area contributed by atoms with Gasteiger partial charge in [-0.25, -0.2) is 4.98 Å². The standard InChI is InChI=1S/C21H17BrN4O2/c1-14-21(22)17-4-2-3-5-18(17)26(14)13-19(27)25-15-6-8-16(9-7-15)28-20-12-23-10-11-24-20/h2-12H,13H2,1H3,(H,25,27). The van der Waals surface area contributed by atoms with Gasteiger partial charge >= 0.3 is 0 Å². The van der Waals surface area contributed by atoms with Crippen LogP contribution in [-0.4, -0.2) is 20.4 Å². The fraction of sp³-hybridized carbons (Fsp3) is 0.0952. The van der Waals surface area contributed by atoms with Crippen molar-refractivity contribution in [2.24, 2.45) is 0 Å². The third-order valence-electron chi connectivity index (χ3n) is 4.36. The van der Waals surface area contributed by atoms with Crippen LogP contribution in [0, 0.1) is 6.92 Å². The van der Waals surface area contributed by atoms with Crippen LogP contribution >= 0.6 is 15.9 Å². The first kappa shape index (κ1) is 18.2. The molecule has 0 aliphatic rings. The molecule has 0 spiro atoms. The van der Waals surface area contributed by atoms with Crippen molar-refractivity contribution in [3.63, 3.8) is 0 Å². The number of carbonyl (C=O) groups excluding carboxylic acids is 1. The van der Waals surface area contributed by atoms with Crippen molar-refractivity contribution in [3.8, 4) is 11.6 Å². The van der Waals surface area contributed by atoms with Crippen LogP contribution in [0.4, 0.5) is 5.69 Å². The minimum Gasteiger partial charge on any atom is -0.438 e. The van der Waals surface area contributed by atoms with Gasteiger partial charge in [-0.2, -0.15) is 0 Å². The Kier molecular flexibility index (Phi) is 5.08. The van der Waals surface area contributed by atoms with Crippen LogP contribution in [0.1, 0.15) is 5.69 Å². The predicted molar refractivity (Wildman–Crippen MR) is 112 cm³/mol. The molecule has 0 aliphatic carbocycles. The third-order valence-corrected chi connectivity index (χ3v) is 5.36. The monoisotopic (exact) mass is 436 g/mol. The summed E-state index contributed by atoms with van der Waals surface area (Å²) in [4.78, 5) is 20.6. The summed E-state index contributed by atoms with van der Waals surface area (Å²) < 4.78 is 8.62. The smallest absolute Gasteiger partial charge is 0.244 e. The summed E-state index contributed by atoms with van der Waals surface area (Å²) in [7, 11) is 0. The minimum absolute atomic E-state index is 0.0982. The van der Waals surface area contributed by atoms with Crippen molar-refractivity contribution >= 4 is 38.4 Å². The molecule has 2 aromatic heterocycles. The average Bonchev–Trinajstić information content (AvgIpc) is 2.95. The van der Waals surface area contributed by atoms with E-state index in [1.165, 1.54) is 6.20 Å². The second kappa shape index (κ2) is 7.82. The molecule has 2 aromatic carbocycles. The van der Waals surface area contributed by atoms with Crippen molar-refractivity contribution in [1.82, 2.24) is 14.5 Å². The summed E-state index contributed by atoms with van der Waals surface area (Å²) in [6.45, 7) is 2.23. The normalized spacial score (nSPS) is 10.8. The van der Waals surface area contributed by atoms with Crippen LogP contribution in [-0.2, 0) is 11.3 Å². The molecule has 28 heavy (non-hydrogen) atoms. The molecule has 6 nitrogen and oxygen atoms in total. The number of para-hydroxylation sites is 1. The number of benzene rings is 2. The van der Waals surface area contributed by atoms with E-state index >= 15 is 0 Å². The van der Waals surface area contributed by atoms with Gasteiger partial charge in [-0.3, -0.25) is 9.78 Å². The summed E-state index contributed by atoms with van der Waals surface area (Å²) in [5.41, 5.74) is 2.74. The molecule has 0 bridgehead atoms. The Labute approximate surface area is 170 Å². The van der Waals surface area contributed by atoms with E-state index < -0.39 is 0 Å². The molecular weight excluding hydrogens is 420 g/mol. The summed E-state index contributed by atoms with van der Waals surface area (Å²) in [5.74, 6) is 0.938. The molecule has 0 aliphatic heterocycles. The van der Waals surface area contributed by atoms with Gasteiger partial charge in [0.25, 0.3) is 0 Å². The number of carbonyl (C=O) groups is 1. The van der Waals surface area contributed by atoms with E-state index in [2.05, 4.69) is 31.2 Å². The predicted octanol–water partition coefficient (Wildman–Crippen LogP) is 4.93. The van der Waals surface area contributed by atoms with Gasteiger partial charge in [-0.15, -0.1) is 0 Å². The number of fused-ring (bicyclic) bond motifs is 1.